The van der Waals surface area contributed by atoms with E-state index in [1.165, 1.54) is 6.07 Å². The van der Waals surface area contributed by atoms with Gasteiger partial charge in [-0.2, -0.15) is 0 Å². The molecule has 2 aliphatic heterocycles. The largest absolute Gasteiger partial charge is 0.504 e. The summed E-state index contributed by atoms with van der Waals surface area (Å²) in [6, 6.07) is 6.37. The van der Waals surface area contributed by atoms with E-state index in [1.54, 1.807) is 0 Å². The van der Waals surface area contributed by atoms with Gasteiger partial charge in [-0.15, -0.1) is 0 Å². The Morgan fingerprint density at radius 1 is 0.696 bits per heavy atom. The Balaban J connectivity index is 1.30. The van der Waals surface area contributed by atoms with Crippen LogP contribution in [0.4, 0.5) is 0 Å². The molecule has 1 saturated heterocycles. The van der Waals surface area contributed by atoms with E-state index in [0.717, 1.165) is 30.4 Å². The molecule has 2 aliphatic rings. The van der Waals surface area contributed by atoms with E-state index in [0.29, 0.717) is 18.2 Å². The number of carbonyl (C=O) groups excluding carboxylic acids is 4. The Bertz CT molecular complexity index is 2490. The van der Waals surface area contributed by atoms with Gasteiger partial charge in [-0.1, -0.05) is 6.07 Å². The number of cyclic esters (lactones) is 1. The molecule has 0 saturated carbocycles. The Morgan fingerprint density at radius 2 is 1.29 bits per heavy atom. The van der Waals surface area contributed by atoms with Gasteiger partial charge in [0.2, 0.25) is 17.8 Å². The number of ether oxygens (including phenoxy) is 5. The molecule has 5 atom stereocenters. The van der Waals surface area contributed by atoms with Gasteiger partial charge in [0.1, 0.15) is 12.7 Å². The lowest BCUT2D eigenvalue weighted by molar-refractivity contribution is -0.289. The maximum absolute atomic E-state index is 14.0. The molecule has 1 fully saturated rings. The lowest BCUT2D eigenvalue weighted by atomic mass is 9.98. The normalized spacial score (nSPS) is 21.0. The summed E-state index contributed by atoms with van der Waals surface area (Å²) in [5.74, 6) is -12.9. The summed E-state index contributed by atoms with van der Waals surface area (Å²) in [5.41, 5.74) is -2.86. The van der Waals surface area contributed by atoms with Gasteiger partial charge in [0.05, 0.1) is 16.7 Å². The van der Waals surface area contributed by atoms with Crippen molar-refractivity contribution in [2.45, 2.75) is 30.7 Å². The molecule has 4 aromatic carbocycles. The third-order valence-electron chi connectivity index (χ3n) is 8.79. The minimum Gasteiger partial charge on any atom is -0.504 e. The number of furan rings is 1. The Hall–Kier alpha value is -7.58. The topological polar surface area (TPSA) is 330 Å². The van der Waals surface area contributed by atoms with Crippen molar-refractivity contribution in [2.24, 2.45) is 0 Å². The van der Waals surface area contributed by atoms with Crippen LogP contribution in [-0.2, 0) is 28.5 Å². The van der Waals surface area contributed by atoms with Gasteiger partial charge < -0.3 is 79.2 Å². The zero-order valence-corrected chi connectivity index (χ0v) is 27.8. The second-order valence-corrected chi connectivity index (χ2v) is 12.3. The Kier molecular flexibility index (Phi) is 8.98. The smallest absolute Gasteiger partial charge is 0.339 e. The zero-order valence-electron chi connectivity index (χ0n) is 27.8. The summed E-state index contributed by atoms with van der Waals surface area (Å²) >= 11 is 0. The second-order valence-electron chi connectivity index (χ2n) is 12.3. The van der Waals surface area contributed by atoms with Crippen molar-refractivity contribution < 1.29 is 98.3 Å². The molecule has 3 heterocycles. The fraction of sp³-hybridized carbons (Fsp3) is 0.167. The van der Waals surface area contributed by atoms with E-state index in [1.807, 2.05) is 0 Å². The molecule has 0 aliphatic carbocycles. The van der Waals surface area contributed by atoms with Crippen molar-refractivity contribution in [1.82, 2.24) is 0 Å². The van der Waals surface area contributed by atoms with E-state index >= 15 is 0 Å². The highest BCUT2D eigenvalue weighted by Crippen LogP contribution is 2.48. The number of hydrogen-bond acceptors (Lipinski definition) is 20. The molecule has 5 aromatic rings. The summed E-state index contributed by atoms with van der Waals surface area (Å²) in [5, 5.41) is 102. The van der Waals surface area contributed by atoms with Crippen molar-refractivity contribution in [3.8, 4) is 51.7 Å². The van der Waals surface area contributed by atoms with Gasteiger partial charge in [0.25, 0.3) is 0 Å². The lowest BCUT2D eigenvalue weighted by Gasteiger charge is -2.42. The number of fused-ring (bicyclic) bond motifs is 1. The van der Waals surface area contributed by atoms with Gasteiger partial charge >= 0.3 is 23.9 Å². The van der Waals surface area contributed by atoms with Crippen LogP contribution in [0.15, 0.2) is 53.0 Å². The fourth-order valence-electron chi connectivity index (χ4n) is 6.09. The highest BCUT2D eigenvalue weighted by molar-refractivity contribution is 6.23. The van der Waals surface area contributed by atoms with Crippen LogP contribution in [0.2, 0.25) is 0 Å². The van der Waals surface area contributed by atoms with Gasteiger partial charge in [0.15, 0.2) is 69.7 Å². The summed E-state index contributed by atoms with van der Waals surface area (Å²) in [7, 11) is 0. The van der Waals surface area contributed by atoms with Crippen molar-refractivity contribution in [3.63, 3.8) is 0 Å². The molecular formula is C36H26O20. The molecule has 20 nitrogen and oxygen atoms in total. The molecule has 290 valence electrons. The first-order valence-electron chi connectivity index (χ1n) is 16.0. The predicted molar refractivity (Wildman–Crippen MR) is 180 cm³/mol. The van der Waals surface area contributed by atoms with Crippen LogP contribution in [0.5, 0.6) is 51.7 Å². The first kappa shape index (κ1) is 36.8. The van der Waals surface area contributed by atoms with Crippen LogP contribution in [-0.4, -0.2) is 112 Å². The molecule has 1 aromatic heterocycles. The molecule has 0 spiro atoms. The van der Waals surface area contributed by atoms with Crippen molar-refractivity contribution in [3.05, 3.63) is 70.8 Å². The van der Waals surface area contributed by atoms with E-state index in [4.69, 9.17) is 28.1 Å². The number of aromatic hydroxyl groups is 9. The highest BCUT2D eigenvalue weighted by atomic mass is 16.7. The minimum atomic E-state index is -2.25. The standard InChI is InChI=1S/C36H26O20/c37-15-3-1-11(5-16(15)38)2-4-22(43)53-36-28(47)32(56-33(48)12-6-17(39)25(44)18(40)7-12)29-21(52-36)10-51-34(49)13-8-19(41)26(45)30-23(13)24-14(35(50)55-29)9-20(42)27(46)31(24)54-30/h1-9,21,28-29,32,36-42,44-47H,10H2/b4-2-/t21-,28+,29-,32+,36-/m1/s1. The first-order valence-corrected chi connectivity index (χ1v) is 16.0. The maximum Gasteiger partial charge on any atom is 0.339 e. The molecule has 20 heteroatoms. The van der Waals surface area contributed by atoms with E-state index in [2.05, 4.69) is 0 Å². The number of aliphatic hydroxyl groups is 1. The minimum absolute atomic E-state index is 0.209. The quantitative estimate of drug-likeness (QED) is 0.0529. The van der Waals surface area contributed by atoms with Crippen LogP contribution in [0.25, 0.3) is 28.0 Å². The second kappa shape index (κ2) is 13.7. The molecule has 0 radical (unpaired) electrons. The summed E-state index contributed by atoms with van der Waals surface area (Å²) < 4.78 is 33.0. The number of aliphatic hydroxyl groups excluding tert-OH is 1. The molecule has 10 N–H and O–H groups in total. The third kappa shape index (κ3) is 6.29. The van der Waals surface area contributed by atoms with Gasteiger partial charge in [-0.05, 0) is 48.0 Å². The lowest BCUT2D eigenvalue weighted by Crippen LogP contribution is -2.62. The number of carbonyl (C=O) groups is 4. The van der Waals surface area contributed by atoms with E-state index in [-0.39, 0.29) is 10.9 Å². The molecule has 0 amide bonds. The summed E-state index contributed by atoms with van der Waals surface area (Å²) in [4.78, 5) is 54.0. The highest BCUT2D eigenvalue weighted by Gasteiger charge is 2.52. The predicted octanol–water partition coefficient (Wildman–Crippen LogP) is 2.20. The average Bonchev–Trinajstić information content (AvgIpc) is 3.56. The SMILES string of the molecule is O=C(/C=C\c1ccc(O)c(O)c1)O[C@H]1O[C@@H]2COC(=O)c3cc(O)c(O)c4oc5c(O)c(O)cc(c5c34)C(=O)O[C@H]2[C@@H](OC(=O)c2cc(O)c(O)c(O)c2)[C@@H]1O. The number of benzene rings is 4. The Labute approximate surface area is 310 Å². The number of phenolic OH excluding ortho intramolecular Hbond substituents is 9. The van der Waals surface area contributed by atoms with Crippen LogP contribution < -0.4 is 0 Å². The fourth-order valence-corrected chi connectivity index (χ4v) is 6.09. The zero-order chi connectivity index (χ0) is 40.3. The summed E-state index contributed by atoms with van der Waals surface area (Å²) in [6.07, 6.45) is -8.31. The van der Waals surface area contributed by atoms with Crippen LogP contribution in [0, 0.1) is 0 Å². The average molecular weight is 779 g/mol. The first-order chi connectivity index (χ1) is 26.5. The monoisotopic (exact) mass is 778 g/mol. The van der Waals surface area contributed by atoms with Gasteiger partial charge in [0, 0.05) is 16.8 Å². The molecule has 0 unspecified atom stereocenters. The van der Waals surface area contributed by atoms with Crippen LogP contribution in [0.3, 0.4) is 0 Å². The van der Waals surface area contributed by atoms with Crippen LogP contribution >= 0.6 is 0 Å². The van der Waals surface area contributed by atoms with E-state index in [9.17, 15) is 70.2 Å². The summed E-state index contributed by atoms with van der Waals surface area (Å²) in [6.45, 7) is -0.939. The number of hydrogen-bond donors (Lipinski definition) is 10. The number of esters is 4. The molecule has 0 bridgehead atoms. The molecule has 7 rings (SSSR count). The van der Waals surface area contributed by atoms with Gasteiger partial charge in [-0.3, -0.25) is 0 Å². The number of rotatable bonds is 5. The Morgan fingerprint density at radius 3 is 1.89 bits per heavy atom. The maximum atomic E-state index is 14.0. The van der Waals surface area contributed by atoms with Crippen molar-refractivity contribution >= 4 is 51.9 Å². The molecular weight excluding hydrogens is 752 g/mol. The molecule has 56 heavy (non-hydrogen) atoms. The van der Waals surface area contributed by atoms with Crippen molar-refractivity contribution in [2.75, 3.05) is 6.61 Å². The number of phenols is 9. The van der Waals surface area contributed by atoms with E-state index < -0.39 is 146 Å². The van der Waals surface area contributed by atoms with Crippen molar-refractivity contribution in [1.29, 1.82) is 0 Å². The van der Waals surface area contributed by atoms with Gasteiger partial charge in [-0.25, -0.2) is 19.2 Å². The third-order valence-corrected chi connectivity index (χ3v) is 8.79. The van der Waals surface area contributed by atoms with Crippen LogP contribution in [0.1, 0.15) is 36.6 Å².